The van der Waals surface area contributed by atoms with Gasteiger partial charge in [0.2, 0.25) is 0 Å². The van der Waals surface area contributed by atoms with E-state index < -0.39 is 0 Å². The molecule has 0 amide bonds. The van der Waals surface area contributed by atoms with E-state index >= 15 is 0 Å². The first kappa shape index (κ1) is 14.0. The highest BCUT2D eigenvalue weighted by molar-refractivity contribution is 5.88. The van der Waals surface area contributed by atoms with Crippen LogP contribution < -0.4 is 5.32 Å². The topological polar surface area (TPSA) is 69.0 Å². The number of hydrogen-bond acceptors (Lipinski definition) is 5. The molecule has 0 radical (unpaired) electrons. The van der Waals surface area contributed by atoms with Crippen molar-refractivity contribution in [3.63, 3.8) is 0 Å². The van der Waals surface area contributed by atoms with E-state index in [-0.39, 0.29) is 5.97 Å². The molecule has 19 heavy (non-hydrogen) atoms. The van der Waals surface area contributed by atoms with Crippen LogP contribution in [-0.2, 0) is 11.3 Å². The van der Waals surface area contributed by atoms with Gasteiger partial charge >= 0.3 is 5.97 Å². The molecule has 1 atom stereocenters. The van der Waals surface area contributed by atoms with Crippen LogP contribution in [0.3, 0.4) is 0 Å². The first-order chi connectivity index (χ1) is 9.22. The Morgan fingerprint density at radius 2 is 2.37 bits per heavy atom. The highest BCUT2D eigenvalue weighted by atomic mass is 16.5. The van der Waals surface area contributed by atoms with Crippen LogP contribution in [0.1, 0.15) is 48.8 Å². The lowest BCUT2D eigenvalue weighted by molar-refractivity contribution is 0.0518. The van der Waals surface area contributed by atoms with Crippen molar-refractivity contribution in [3.05, 3.63) is 11.4 Å². The van der Waals surface area contributed by atoms with Crippen LogP contribution in [0.25, 0.3) is 0 Å². The lowest BCUT2D eigenvalue weighted by Crippen LogP contribution is -2.34. The molecule has 1 unspecified atom stereocenters. The SMILES string of the molecule is CCOC(=O)c1nnn(CCC2CCCCN2)c1C. The Morgan fingerprint density at radius 1 is 1.53 bits per heavy atom. The molecule has 1 saturated heterocycles. The van der Waals surface area contributed by atoms with Crippen molar-refractivity contribution in [2.24, 2.45) is 0 Å². The largest absolute Gasteiger partial charge is 0.461 e. The summed E-state index contributed by atoms with van der Waals surface area (Å²) < 4.78 is 6.74. The van der Waals surface area contributed by atoms with Gasteiger partial charge in [-0.1, -0.05) is 11.6 Å². The van der Waals surface area contributed by atoms with Crippen LogP contribution in [0.4, 0.5) is 0 Å². The number of hydrogen-bond donors (Lipinski definition) is 1. The van der Waals surface area contributed by atoms with Gasteiger partial charge in [-0.05, 0) is 39.7 Å². The third-order valence-corrected chi connectivity index (χ3v) is 3.55. The van der Waals surface area contributed by atoms with Crippen LogP contribution in [0, 0.1) is 6.92 Å². The summed E-state index contributed by atoms with van der Waals surface area (Å²) >= 11 is 0. The lowest BCUT2D eigenvalue weighted by atomic mass is 10.0. The number of aromatic nitrogens is 3. The van der Waals surface area contributed by atoms with E-state index in [0.29, 0.717) is 18.3 Å². The van der Waals surface area contributed by atoms with Crippen molar-refractivity contribution < 1.29 is 9.53 Å². The Balaban J connectivity index is 1.91. The van der Waals surface area contributed by atoms with Crippen molar-refractivity contribution in [1.82, 2.24) is 20.3 Å². The van der Waals surface area contributed by atoms with Crippen LogP contribution >= 0.6 is 0 Å². The molecule has 2 rings (SSSR count). The third-order valence-electron chi connectivity index (χ3n) is 3.55. The van der Waals surface area contributed by atoms with E-state index in [4.69, 9.17) is 4.74 Å². The summed E-state index contributed by atoms with van der Waals surface area (Å²) in [5.74, 6) is -0.387. The first-order valence-electron chi connectivity index (χ1n) is 7.03. The van der Waals surface area contributed by atoms with Crippen LogP contribution in [0.5, 0.6) is 0 Å². The summed E-state index contributed by atoms with van der Waals surface area (Å²) in [6.07, 6.45) is 4.80. The Labute approximate surface area is 113 Å². The molecule has 1 aliphatic heterocycles. The van der Waals surface area contributed by atoms with E-state index in [1.807, 2.05) is 6.92 Å². The Kier molecular flexibility index (Phi) is 4.90. The molecule has 0 aliphatic carbocycles. The zero-order chi connectivity index (χ0) is 13.7. The summed E-state index contributed by atoms with van der Waals surface area (Å²) in [5, 5.41) is 11.5. The maximum absolute atomic E-state index is 11.6. The number of nitrogens with one attached hydrogen (secondary N) is 1. The smallest absolute Gasteiger partial charge is 0.360 e. The first-order valence-corrected chi connectivity index (χ1v) is 7.03. The highest BCUT2D eigenvalue weighted by Gasteiger charge is 2.18. The number of aryl methyl sites for hydroxylation is 1. The van der Waals surface area contributed by atoms with Crippen molar-refractivity contribution in [2.45, 2.75) is 52.1 Å². The fourth-order valence-corrected chi connectivity index (χ4v) is 2.41. The second kappa shape index (κ2) is 6.65. The average Bonchev–Trinajstić information content (AvgIpc) is 2.79. The van der Waals surface area contributed by atoms with Gasteiger partial charge in [-0.3, -0.25) is 0 Å². The Hall–Kier alpha value is -1.43. The number of piperidine rings is 1. The molecule has 1 N–H and O–H groups in total. The maximum atomic E-state index is 11.6. The second-order valence-electron chi connectivity index (χ2n) is 4.90. The molecule has 2 heterocycles. The maximum Gasteiger partial charge on any atom is 0.360 e. The molecule has 1 aliphatic rings. The Bertz CT molecular complexity index is 424. The Morgan fingerprint density at radius 3 is 3.05 bits per heavy atom. The average molecular weight is 266 g/mol. The standard InChI is InChI=1S/C13H22N4O2/c1-3-19-13(18)12-10(2)17(16-15-12)9-7-11-6-4-5-8-14-11/h11,14H,3-9H2,1-2H3. The summed E-state index contributed by atoms with van der Waals surface area (Å²) in [6.45, 7) is 5.90. The van der Waals surface area contributed by atoms with Gasteiger partial charge in [0.1, 0.15) is 0 Å². The lowest BCUT2D eigenvalue weighted by Gasteiger charge is -2.23. The molecule has 6 nitrogen and oxygen atoms in total. The minimum absolute atomic E-state index is 0.332. The fourth-order valence-electron chi connectivity index (χ4n) is 2.41. The van der Waals surface area contributed by atoms with Gasteiger partial charge < -0.3 is 10.1 Å². The van der Waals surface area contributed by atoms with Crippen molar-refractivity contribution in [1.29, 1.82) is 0 Å². The predicted octanol–water partition coefficient (Wildman–Crippen LogP) is 1.30. The summed E-state index contributed by atoms with van der Waals surface area (Å²) in [4.78, 5) is 11.6. The molecular weight excluding hydrogens is 244 g/mol. The van der Waals surface area contributed by atoms with Gasteiger partial charge in [-0.15, -0.1) is 5.10 Å². The van der Waals surface area contributed by atoms with Crippen LogP contribution in [0.2, 0.25) is 0 Å². The van der Waals surface area contributed by atoms with Gasteiger partial charge in [-0.2, -0.15) is 0 Å². The zero-order valence-corrected chi connectivity index (χ0v) is 11.7. The van der Waals surface area contributed by atoms with Crippen LogP contribution in [-0.4, -0.2) is 40.2 Å². The molecule has 106 valence electrons. The van der Waals surface area contributed by atoms with Crippen molar-refractivity contribution >= 4 is 5.97 Å². The number of esters is 1. The quantitative estimate of drug-likeness (QED) is 0.813. The van der Waals surface area contributed by atoms with Gasteiger partial charge in [0.15, 0.2) is 5.69 Å². The molecule has 0 spiro atoms. The van der Waals surface area contributed by atoms with Gasteiger partial charge in [-0.25, -0.2) is 9.48 Å². The molecule has 1 aromatic heterocycles. The van der Waals surface area contributed by atoms with Crippen molar-refractivity contribution in [3.8, 4) is 0 Å². The predicted molar refractivity (Wildman–Crippen MR) is 71.0 cm³/mol. The van der Waals surface area contributed by atoms with Crippen molar-refractivity contribution in [2.75, 3.05) is 13.2 Å². The number of carbonyl (C=O) groups is 1. The second-order valence-corrected chi connectivity index (χ2v) is 4.90. The molecule has 6 heteroatoms. The van der Waals surface area contributed by atoms with E-state index in [9.17, 15) is 4.79 Å². The zero-order valence-electron chi connectivity index (χ0n) is 11.7. The molecule has 0 saturated carbocycles. The number of rotatable bonds is 5. The number of nitrogens with zero attached hydrogens (tertiary/aromatic N) is 3. The molecule has 1 fully saturated rings. The highest BCUT2D eigenvalue weighted by Crippen LogP contribution is 2.12. The van der Waals surface area contributed by atoms with Crippen LogP contribution in [0.15, 0.2) is 0 Å². The van der Waals surface area contributed by atoms with E-state index in [0.717, 1.165) is 25.2 Å². The minimum atomic E-state index is -0.387. The normalized spacial score (nSPS) is 19.4. The van der Waals surface area contributed by atoms with E-state index in [1.54, 1.807) is 11.6 Å². The summed E-state index contributed by atoms with van der Waals surface area (Å²) in [5.41, 5.74) is 1.12. The summed E-state index contributed by atoms with van der Waals surface area (Å²) in [7, 11) is 0. The molecule has 0 aromatic carbocycles. The van der Waals surface area contributed by atoms with E-state index in [1.165, 1.54) is 19.3 Å². The number of carbonyl (C=O) groups excluding carboxylic acids is 1. The van der Waals surface area contributed by atoms with Gasteiger partial charge in [0.05, 0.1) is 12.3 Å². The third kappa shape index (κ3) is 3.53. The molecule has 0 bridgehead atoms. The monoisotopic (exact) mass is 266 g/mol. The molecule has 1 aromatic rings. The summed E-state index contributed by atoms with van der Waals surface area (Å²) in [6, 6.07) is 0.559. The van der Waals surface area contributed by atoms with Gasteiger partial charge in [0, 0.05) is 12.6 Å². The minimum Gasteiger partial charge on any atom is -0.461 e. The fraction of sp³-hybridized carbons (Fsp3) is 0.769. The number of ether oxygens (including phenoxy) is 1. The van der Waals surface area contributed by atoms with E-state index in [2.05, 4.69) is 15.6 Å². The molecular formula is C13H22N4O2. The van der Waals surface area contributed by atoms with Gasteiger partial charge in [0.25, 0.3) is 0 Å².